The Morgan fingerprint density at radius 3 is 2.87 bits per heavy atom. The highest BCUT2D eigenvalue weighted by molar-refractivity contribution is 5.93. The lowest BCUT2D eigenvalue weighted by Crippen LogP contribution is -2.48. The van der Waals surface area contributed by atoms with E-state index in [4.69, 9.17) is 13.9 Å². The molecule has 166 valence electrons. The quantitative estimate of drug-likeness (QED) is 0.750. The summed E-state index contributed by atoms with van der Waals surface area (Å²) >= 11 is 0. The molecule has 3 aliphatic rings. The number of nitrogens with zero attached hydrogens (tertiary/aromatic N) is 3. The van der Waals surface area contributed by atoms with Crippen molar-refractivity contribution in [1.82, 2.24) is 14.8 Å². The van der Waals surface area contributed by atoms with Gasteiger partial charge in [0.25, 0.3) is 5.91 Å². The first-order valence-electron chi connectivity index (χ1n) is 11.4. The predicted molar refractivity (Wildman–Crippen MR) is 115 cm³/mol. The highest BCUT2D eigenvalue weighted by Crippen LogP contribution is 2.42. The van der Waals surface area contributed by atoms with Gasteiger partial charge in [-0.3, -0.25) is 4.79 Å². The second kappa shape index (κ2) is 8.28. The fourth-order valence-corrected chi connectivity index (χ4v) is 5.24. The first-order chi connectivity index (χ1) is 15.1. The first kappa shape index (κ1) is 20.5. The van der Waals surface area contributed by atoms with Gasteiger partial charge in [-0.2, -0.15) is 0 Å². The molecule has 1 amide bonds. The molecule has 1 atom stereocenters. The highest BCUT2D eigenvalue weighted by Gasteiger charge is 2.42. The van der Waals surface area contributed by atoms with Crippen molar-refractivity contribution in [3.05, 3.63) is 47.2 Å². The molecule has 4 heterocycles. The molecule has 0 aliphatic carbocycles. The van der Waals surface area contributed by atoms with Crippen molar-refractivity contribution in [2.45, 2.75) is 50.7 Å². The Labute approximate surface area is 183 Å². The fraction of sp³-hybridized carbons (Fsp3) is 0.583. The van der Waals surface area contributed by atoms with Gasteiger partial charge in [-0.15, -0.1) is 0 Å². The van der Waals surface area contributed by atoms with Crippen LogP contribution in [0.2, 0.25) is 0 Å². The van der Waals surface area contributed by atoms with E-state index < -0.39 is 0 Å². The van der Waals surface area contributed by atoms with E-state index >= 15 is 0 Å². The number of fused-ring (bicyclic) bond motifs is 2. The number of aromatic nitrogens is 1. The third-order valence-corrected chi connectivity index (χ3v) is 6.99. The Bertz CT molecular complexity index is 948. The monoisotopic (exact) mass is 425 g/mol. The first-order valence-corrected chi connectivity index (χ1v) is 11.4. The Morgan fingerprint density at radius 1 is 1.29 bits per heavy atom. The van der Waals surface area contributed by atoms with Crippen LogP contribution < -0.4 is 4.74 Å². The summed E-state index contributed by atoms with van der Waals surface area (Å²) in [6, 6.07) is 6.49. The van der Waals surface area contributed by atoms with Crippen molar-refractivity contribution in [1.29, 1.82) is 0 Å². The molecule has 7 heteroatoms. The van der Waals surface area contributed by atoms with Crippen LogP contribution in [0.3, 0.4) is 0 Å². The van der Waals surface area contributed by atoms with Gasteiger partial charge < -0.3 is 23.7 Å². The number of likely N-dealkylation sites (N-methyl/N-ethyl adjacent to an activating group) is 1. The Balaban J connectivity index is 1.29. The van der Waals surface area contributed by atoms with Crippen LogP contribution in [-0.4, -0.2) is 66.6 Å². The number of carbonyl (C=O) groups is 1. The summed E-state index contributed by atoms with van der Waals surface area (Å²) in [6.45, 7) is 6.06. The van der Waals surface area contributed by atoms with Crippen LogP contribution in [0.15, 0.2) is 29.0 Å². The van der Waals surface area contributed by atoms with Gasteiger partial charge in [0.05, 0.1) is 12.2 Å². The number of benzene rings is 1. The normalized spacial score (nSPS) is 23.2. The summed E-state index contributed by atoms with van der Waals surface area (Å²) in [5.41, 5.74) is 2.72. The maximum absolute atomic E-state index is 12.9. The molecule has 0 N–H and O–H groups in total. The van der Waals surface area contributed by atoms with E-state index in [0.29, 0.717) is 37.6 Å². The lowest BCUT2D eigenvalue weighted by Gasteiger charge is -2.45. The molecule has 1 aromatic carbocycles. The summed E-state index contributed by atoms with van der Waals surface area (Å²) < 4.78 is 18.0. The van der Waals surface area contributed by atoms with Gasteiger partial charge in [-0.05, 0) is 56.0 Å². The molecule has 2 aromatic rings. The molecule has 3 aliphatic heterocycles. The molecular weight excluding hydrogens is 394 g/mol. The third-order valence-electron chi connectivity index (χ3n) is 6.99. The number of piperidine rings is 1. The SMILES string of the molecule is CCc1ocnc1C(=O)N1CCC2(CC1)OCCc1cc(O[C@H]3CCN(C)C3)ccc12. The minimum Gasteiger partial charge on any atom is -0.489 e. The third kappa shape index (κ3) is 3.85. The molecule has 0 unspecified atom stereocenters. The van der Waals surface area contributed by atoms with Gasteiger partial charge in [0.2, 0.25) is 0 Å². The predicted octanol–water partition coefficient (Wildman–Crippen LogP) is 3.02. The van der Waals surface area contributed by atoms with Crippen LogP contribution in [0.25, 0.3) is 0 Å². The smallest absolute Gasteiger partial charge is 0.276 e. The molecule has 0 bridgehead atoms. The minimum absolute atomic E-state index is 0.0400. The second-order valence-corrected chi connectivity index (χ2v) is 8.97. The number of ether oxygens (including phenoxy) is 2. The molecule has 2 saturated heterocycles. The molecule has 2 fully saturated rings. The van der Waals surface area contributed by atoms with E-state index in [1.807, 2.05) is 11.8 Å². The second-order valence-electron chi connectivity index (χ2n) is 8.97. The van der Waals surface area contributed by atoms with Crippen molar-refractivity contribution < 1.29 is 18.7 Å². The van der Waals surface area contributed by atoms with Crippen molar-refractivity contribution >= 4 is 5.91 Å². The summed E-state index contributed by atoms with van der Waals surface area (Å²) in [5, 5.41) is 0. The van der Waals surface area contributed by atoms with E-state index in [2.05, 4.69) is 35.1 Å². The van der Waals surface area contributed by atoms with Crippen molar-refractivity contribution in [3.8, 4) is 5.75 Å². The molecular formula is C24H31N3O4. The van der Waals surface area contributed by atoms with Crippen LogP contribution in [0.4, 0.5) is 0 Å². The zero-order valence-electron chi connectivity index (χ0n) is 18.4. The van der Waals surface area contributed by atoms with Gasteiger partial charge >= 0.3 is 0 Å². The number of rotatable bonds is 4. The average molecular weight is 426 g/mol. The van der Waals surface area contributed by atoms with Crippen LogP contribution in [0.5, 0.6) is 5.75 Å². The molecule has 1 aromatic heterocycles. The number of carbonyl (C=O) groups excluding carboxylic acids is 1. The number of aryl methyl sites for hydroxylation is 1. The van der Waals surface area contributed by atoms with Gasteiger partial charge in [0.1, 0.15) is 17.6 Å². The molecule has 0 saturated carbocycles. The maximum atomic E-state index is 12.9. The van der Waals surface area contributed by atoms with Crippen LogP contribution in [-0.2, 0) is 23.2 Å². The molecule has 31 heavy (non-hydrogen) atoms. The summed E-state index contributed by atoms with van der Waals surface area (Å²) in [7, 11) is 2.14. The minimum atomic E-state index is -0.312. The number of amides is 1. The van der Waals surface area contributed by atoms with Crippen LogP contribution in [0, 0.1) is 0 Å². The summed E-state index contributed by atoms with van der Waals surface area (Å²) in [6.07, 6.45) is 5.86. The number of oxazole rings is 1. The standard InChI is InChI=1S/C24H31N3O4/c1-3-21-22(25-16-29-21)23(28)27-11-8-24(9-12-27)20-5-4-18(14-17(20)7-13-30-24)31-19-6-10-26(2)15-19/h4-5,14,16,19H,3,6-13,15H2,1-2H3/t19-/m0/s1. The molecule has 7 nitrogen and oxygen atoms in total. The fourth-order valence-electron chi connectivity index (χ4n) is 5.24. The van der Waals surface area contributed by atoms with Crippen molar-refractivity contribution in [2.24, 2.45) is 0 Å². The van der Waals surface area contributed by atoms with E-state index in [1.54, 1.807) is 0 Å². The number of hydrogen-bond donors (Lipinski definition) is 0. The molecule has 0 radical (unpaired) electrons. The maximum Gasteiger partial charge on any atom is 0.276 e. The van der Waals surface area contributed by atoms with E-state index in [9.17, 15) is 4.79 Å². The van der Waals surface area contributed by atoms with E-state index in [1.165, 1.54) is 17.5 Å². The lowest BCUT2D eigenvalue weighted by atomic mass is 9.79. The van der Waals surface area contributed by atoms with Gasteiger partial charge in [0, 0.05) is 32.6 Å². The number of hydrogen-bond acceptors (Lipinski definition) is 6. The van der Waals surface area contributed by atoms with Crippen molar-refractivity contribution in [3.63, 3.8) is 0 Å². The zero-order valence-corrected chi connectivity index (χ0v) is 18.4. The molecule has 1 spiro atoms. The summed E-state index contributed by atoms with van der Waals surface area (Å²) in [4.78, 5) is 21.3. The molecule has 5 rings (SSSR count). The Morgan fingerprint density at radius 2 is 2.13 bits per heavy atom. The van der Waals surface area contributed by atoms with Crippen LogP contribution in [0.1, 0.15) is 53.6 Å². The Hall–Kier alpha value is -2.38. The number of likely N-dealkylation sites (tertiary alicyclic amines) is 2. The summed E-state index contributed by atoms with van der Waals surface area (Å²) in [5.74, 6) is 1.58. The van der Waals surface area contributed by atoms with Gasteiger partial charge in [-0.25, -0.2) is 4.98 Å². The lowest BCUT2D eigenvalue weighted by molar-refractivity contribution is -0.0936. The zero-order chi connectivity index (χ0) is 21.4. The van der Waals surface area contributed by atoms with E-state index in [0.717, 1.165) is 44.5 Å². The van der Waals surface area contributed by atoms with Gasteiger partial charge in [-0.1, -0.05) is 13.0 Å². The average Bonchev–Trinajstić information content (AvgIpc) is 3.42. The topological polar surface area (TPSA) is 68.0 Å². The van der Waals surface area contributed by atoms with E-state index in [-0.39, 0.29) is 17.6 Å². The highest BCUT2D eigenvalue weighted by atomic mass is 16.5. The Kier molecular flexibility index (Phi) is 5.48. The van der Waals surface area contributed by atoms with Gasteiger partial charge in [0.15, 0.2) is 12.1 Å². The van der Waals surface area contributed by atoms with Crippen LogP contribution >= 0.6 is 0 Å². The van der Waals surface area contributed by atoms with Crippen molar-refractivity contribution in [2.75, 3.05) is 39.8 Å². The largest absolute Gasteiger partial charge is 0.489 e.